The zero-order valence-electron chi connectivity index (χ0n) is 17.3. The van der Waals surface area contributed by atoms with E-state index in [1.165, 1.54) is 11.3 Å². The van der Waals surface area contributed by atoms with Gasteiger partial charge in [-0.15, -0.1) is 11.3 Å². The van der Waals surface area contributed by atoms with E-state index in [9.17, 15) is 5.11 Å². The molecule has 3 aromatic rings. The molecule has 0 fully saturated rings. The van der Waals surface area contributed by atoms with Gasteiger partial charge in [0.05, 0.1) is 32.2 Å². The molecular formula is C23H25N3O3S. The Morgan fingerprint density at radius 2 is 2.00 bits per heavy atom. The van der Waals surface area contributed by atoms with Gasteiger partial charge in [0, 0.05) is 10.9 Å². The Kier molecular flexibility index (Phi) is 7.08. The fraction of sp³-hybridized carbons (Fsp3) is 0.217. The first-order chi connectivity index (χ1) is 14.5. The molecule has 156 valence electrons. The van der Waals surface area contributed by atoms with Crippen LogP contribution in [-0.2, 0) is 0 Å². The molecule has 0 spiro atoms. The van der Waals surface area contributed by atoms with Crippen LogP contribution < -0.4 is 14.3 Å². The van der Waals surface area contributed by atoms with Gasteiger partial charge < -0.3 is 14.6 Å². The molecule has 0 atom stereocenters. The minimum Gasteiger partial charge on any atom is -0.504 e. The van der Waals surface area contributed by atoms with Gasteiger partial charge in [-0.3, -0.25) is 4.99 Å². The Morgan fingerprint density at radius 3 is 2.67 bits per heavy atom. The Bertz CT molecular complexity index is 1110. The van der Waals surface area contributed by atoms with E-state index in [2.05, 4.69) is 16.7 Å². The van der Waals surface area contributed by atoms with E-state index in [-0.39, 0.29) is 5.75 Å². The van der Waals surface area contributed by atoms with E-state index in [1.807, 2.05) is 48.2 Å². The summed E-state index contributed by atoms with van der Waals surface area (Å²) < 4.78 is 12.5. The molecule has 0 bridgehead atoms. The van der Waals surface area contributed by atoms with Gasteiger partial charge in [0.25, 0.3) is 0 Å². The van der Waals surface area contributed by atoms with Gasteiger partial charge in [0.2, 0.25) is 4.80 Å². The largest absolute Gasteiger partial charge is 0.504 e. The van der Waals surface area contributed by atoms with Crippen LogP contribution in [0.1, 0.15) is 19.4 Å². The zero-order chi connectivity index (χ0) is 21.5. The van der Waals surface area contributed by atoms with Crippen LogP contribution in [0.4, 0.5) is 0 Å². The Balaban J connectivity index is 2.03. The summed E-state index contributed by atoms with van der Waals surface area (Å²) in [6, 6.07) is 13.0. The van der Waals surface area contributed by atoms with Crippen LogP contribution in [0.25, 0.3) is 11.3 Å². The number of hydrogen-bond acceptors (Lipinski definition) is 6. The van der Waals surface area contributed by atoms with Crippen molar-refractivity contribution in [3.63, 3.8) is 0 Å². The van der Waals surface area contributed by atoms with Crippen molar-refractivity contribution in [2.45, 2.75) is 13.8 Å². The van der Waals surface area contributed by atoms with Gasteiger partial charge in [0.15, 0.2) is 11.5 Å². The molecule has 0 aliphatic carbocycles. The molecule has 0 aliphatic rings. The molecule has 7 heteroatoms. The highest BCUT2D eigenvalue weighted by Gasteiger charge is 2.08. The normalized spacial score (nSPS) is 11.8. The van der Waals surface area contributed by atoms with Crippen LogP contribution in [0.3, 0.4) is 0 Å². The quantitative estimate of drug-likeness (QED) is 0.422. The van der Waals surface area contributed by atoms with Gasteiger partial charge in [0.1, 0.15) is 5.75 Å². The number of aromatic nitrogens is 1. The second kappa shape index (κ2) is 9.93. The van der Waals surface area contributed by atoms with Crippen LogP contribution in [0.5, 0.6) is 17.2 Å². The lowest BCUT2D eigenvalue weighted by molar-refractivity contribution is 0.318. The second-order valence-corrected chi connectivity index (χ2v) is 7.46. The summed E-state index contributed by atoms with van der Waals surface area (Å²) in [6.07, 6.45) is 1.72. The maximum absolute atomic E-state index is 9.91. The lowest BCUT2D eigenvalue weighted by Gasteiger charge is -2.07. The number of aromatic hydroxyl groups is 1. The Labute approximate surface area is 180 Å². The van der Waals surface area contributed by atoms with E-state index < -0.39 is 0 Å². The molecule has 0 aliphatic heterocycles. The first-order valence-corrected chi connectivity index (χ1v) is 10.4. The number of ether oxygens (including phenoxy) is 2. The summed E-state index contributed by atoms with van der Waals surface area (Å²) in [4.78, 5) is 5.41. The summed E-state index contributed by atoms with van der Waals surface area (Å²) in [5.41, 5.74) is 3.70. The van der Waals surface area contributed by atoms with Crippen molar-refractivity contribution < 1.29 is 14.6 Å². The average Bonchev–Trinajstić information content (AvgIpc) is 3.15. The first-order valence-electron chi connectivity index (χ1n) is 9.51. The summed E-state index contributed by atoms with van der Waals surface area (Å²) >= 11 is 1.52. The lowest BCUT2D eigenvalue weighted by atomic mass is 10.2. The molecule has 0 saturated carbocycles. The minimum atomic E-state index is 0.105. The standard InChI is InChI=1S/C23H25N3O3S/c1-5-29-22-12-17(6-11-21(22)27)14-25-26-20(15-30-23(26)24-13-16(2)3)18-7-9-19(28-4)10-8-18/h6-12,14-15,27H,2,5,13H2,1,3-4H3. The van der Waals surface area contributed by atoms with E-state index >= 15 is 0 Å². The van der Waals surface area contributed by atoms with Crippen molar-refractivity contribution in [3.8, 4) is 28.5 Å². The highest BCUT2D eigenvalue weighted by Crippen LogP contribution is 2.26. The fourth-order valence-corrected chi connectivity index (χ4v) is 3.53. The highest BCUT2D eigenvalue weighted by molar-refractivity contribution is 7.07. The van der Waals surface area contributed by atoms with E-state index in [1.54, 1.807) is 31.5 Å². The average molecular weight is 424 g/mol. The number of nitrogens with zero attached hydrogens (tertiary/aromatic N) is 3. The maximum Gasteiger partial charge on any atom is 0.206 e. The summed E-state index contributed by atoms with van der Waals surface area (Å²) in [5.74, 6) is 1.33. The number of rotatable bonds is 8. The maximum atomic E-state index is 9.91. The van der Waals surface area contributed by atoms with Crippen molar-refractivity contribution in [2.75, 3.05) is 20.3 Å². The number of thiazole rings is 1. The second-order valence-electron chi connectivity index (χ2n) is 6.62. The van der Waals surface area contributed by atoms with Crippen molar-refractivity contribution in [3.05, 3.63) is 70.4 Å². The van der Waals surface area contributed by atoms with Gasteiger partial charge >= 0.3 is 0 Å². The third-order valence-electron chi connectivity index (χ3n) is 4.16. The highest BCUT2D eigenvalue weighted by atomic mass is 32.1. The molecular weight excluding hydrogens is 398 g/mol. The van der Waals surface area contributed by atoms with E-state index in [0.29, 0.717) is 18.9 Å². The van der Waals surface area contributed by atoms with Gasteiger partial charge in [-0.05, 0) is 61.9 Å². The van der Waals surface area contributed by atoms with E-state index in [4.69, 9.17) is 9.47 Å². The van der Waals surface area contributed by atoms with Crippen molar-refractivity contribution in [2.24, 2.45) is 10.1 Å². The molecule has 30 heavy (non-hydrogen) atoms. The fourth-order valence-electron chi connectivity index (χ4n) is 2.69. The number of hydrogen-bond donors (Lipinski definition) is 1. The van der Waals surface area contributed by atoms with Crippen LogP contribution in [0.2, 0.25) is 0 Å². The summed E-state index contributed by atoms with van der Waals surface area (Å²) in [6.45, 7) is 8.75. The van der Waals surface area contributed by atoms with Crippen LogP contribution in [-0.4, -0.2) is 36.3 Å². The Morgan fingerprint density at radius 1 is 1.23 bits per heavy atom. The summed E-state index contributed by atoms with van der Waals surface area (Å²) in [7, 11) is 1.65. The molecule has 1 heterocycles. The topological polar surface area (TPSA) is 68.3 Å². The number of phenolic OH excluding ortho intramolecular Hbond substituents is 1. The van der Waals surface area contributed by atoms with Crippen molar-refractivity contribution in [1.82, 2.24) is 4.68 Å². The van der Waals surface area contributed by atoms with Crippen LogP contribution in [0.15, 0.2) is 70.1 Å². The van der Waals surface area contributed by atoms with Crippen LogP contribution in [0, 0.1) is 0 Å². The number of methoxy groups -OCH3 is 1. The molecule has 3 rings (SSSR count). The van der Waals surface area contributed by atoms with Gasteiger partial charge in [-0.2, -0.15) is 5.10 Å². The predicted molar refractivity (Wildman–Crippen MR) is 122 cm³/mol. The van der Waals surface area contributed by atoms with E-state index in [0.717, 1.165) is 32.9 Å². The van der Waals surface area contributed by atoms with Gasteiger partial charge in [-0.25, -0.2) is 4.68 Å². The molecule has 1 aromatic heterocycles. The third-order valence-corrected chi connectivity index (χ3v) is 5.02. The number of benzene rings is 2. The number of phenols is 1. The Hall–Kier alpha value is -3.32. The molecule has 0 unspecified atom stereocenters. The minimum absolute atomic E-state index is 0.105. The molecule has 0 saturated heterocycles. The smallest absolute Gasteiger partial charge is 0.206 e. The summed E-state index contributed by atoms with van der Waals surface area (Å²) in [5, 5.41) is 16.6. The van der Waals surface area contributed by atoms with Crippen LogP contribution >= 0.6 is 11.3 Å². The SMILES string of the molecule is C=C(C)CN=c1scc(-c2ccc(OC)cc2)n1N=Cc1ccc(O)c(OCC)c1. The third kappa shape index (κ3) is 5.18. The first kappa shape index (κ1) is 21.4. The predicted octanol–water partition coefficient (Wildman–Crippen LogP) is 4.69. The van der Waals surface area contributed by atoms with Crippen molar-refractivity contribution in [1.29, 1.82) is 0 Å². The molecule has 0 radical (unpaired) electrons. The zero-order valence-corrected chi connectivity index (χ0v) is 18.1. The molecule has 0 amide bonds. The molecule has 1 N–H and O–H groups in total. The lowest BCUT2D eigenvalue weighted by Crippen LogP contribution is -2.13. The van der Waals surface area contributed by atoms with Gasteiger partial charge in [-0.1, -0.05) is 12.2 Å². The molecule has 6 nitrogen and oxygen atoms in total. The van der Waals surface area contributed by atoms with Crippen molar-refractivity contribution >= 4 is 17.6 Å². The monoisotopic (exact) mass is 423 g/mol. The molecule has 2 aromatic carbocycles.